The third-order valence-corrected chi connectivity index (χ3v) is 3.39. The van der Waals surface area contributed by atoms with E-state index in [0.29, 0.717) is 5.56 Å². The van der Waals surface area contributed by atoms with E-state index in [1.165, 1.54) is 0 Å². The summed E-state index contributed by atoms with van der Waals surface area (Å²) in [5, 5.41) is 0. The standard InChI is InChI=1S/C16H17NO/c1-10-4-6-13(7-5-10)16(18)14-8-9-15(17)12(3)11(14)2/h4-9H,17H2,1-3H3. The molecule has 0 amide bonds. The van der Waals surface area contributed by atoms with Gasteiger partial charge in [0, 0.05) is 16.8 Å². The van der Waals surface area contributed by atoms with Crippen molar-refractivity contribution in [1.82, 2.24) is 0 Å². The lowest BCUT2D eigenvalue weighted by Crippen LogP contribution is -2.06. The van der Waals surface area contributed by atoms with E-state index in [1.54, 1.807) is 12.1 Å². The molecule has 2 N–H and O–H groups in total. The first-order valence-electron chi connectivity index (χ1n) is 5.97. The quantitative estimate of drug-likeness (QED) is 0.644. The van der Waals surface area contributed by atoms with E-state index in [4.69, 9.17) is 5.73 Å². The fraction of sp³-hybridized carbons (Fsp3) is 0.188. The van der Waals surface area contributed by atoms with E-state index in [9.17, 15) is 4.79 Å². The summed E-state index contributed by atoms with van der Waals surface area (Å²) in [6.45, 7) is 5.89. The van der Waals surface area contributed by atoms with Gasteiger partial charge in [-0.3, -0.25) is 4.79 Å². The lowest BCUT2D eigenvalue weighted by atomic mass is 9.95. The Labute approximate surface area is 107 Å². The Bertz CT molecular complexity index is 597. The van der Waals surface area contributed by atoms with Crippen molar-refractivity contribution >= 4 is 11.5 Å². The minimum Gasteiger partial charge on any atom is -0.399 e. The second-order valence-corrected chi connectivity index (χ2v) is 4.65. The highest BCUT2D eigenvalue weighted by Crippen LogP contribution is 2.22. The molecule has 2 nitrogen and oxygen atoms in total. The van der Waals surface area contributed by atoms with Gasteiger partial charge in [0.1, 0.15) is 0 Å². The first kappa shape index (κ1) is 12.4. The number of carbonyl (C=O) groups excluding carboxylic acids is 1. The minimum atomic E-state index is 0.0515. The highest BCUT2D eigenvalue weighted by Gasteiger charge is 2.13. The lowest BCUT2D eigenvalue weighted by molar-refractivity contribution is 0.103. The molecule has 0 aliphatic carbocycles. The van der Waals surface area contributed by atoms with E-state index in [-0.39, 0.29) is 5.78 Å². The number of ketones is 1. The first-order chi connectivity index (χ1) is 8.50. The van der Waals surface area contributed by atoms with Crippen LogP contribution in [0.1, 0.15) is 32.6 Å². The molecule has 0 unspecified atom stereocenters. The molecule has 0 atom stereocenters. The van der Waals surface area contributed by atoms with Gasteiger partial charge in [0.15, 0.2) is 5.78 Å². The van der Waals surface area contributed by atoms with Crippen LogP contribution >= 0.6 is 0 Å². The van der Waals surface area contributed by atoms with E-state index in [2.05, 4.69) is 0 Å². The third kappa shape index (κ3) is 2.14. The maximum atomic E-state index is 12.4. The predicted molar refractivity (Wildman–Crippen MR) is 74.9 cm³/mol. The maximum Gasteiger partial charge on any atom is 0.193 e. The summed E-state index contributed by atoms with van der Waals surface area (Å²) in [5.41, 5.74) is 11.1. The zero-order chi connectivity index (χ0) is 13.3. The molecule has 2 heteroatoms. The van der Waals surface area contributed by atoms with Crippen LogP contribution < -0.4 is 5.73 Å². The Morgan fingerprint density at radius 1 is 0.889 bits per heavy atom. The minimum absolute atomic E-state index is 0.0515. The molecule has 0 bridgehead atoms. The van der Waals surface area contributed by atoms with Gasteiger partial charge < -0.3 is 5.73 Å². The fourth-order valence-electron chi connectivity index (χ4n) is 1.95. The van der Waals surface area contributed by atoms with Crippen LogP contribution in [0.2, 0.25) is 0 Å². The van der Waals surface area contributed by atoms with Crippen LogP contribution in [0.3, 0.4) is 0 Å². The van der Waals surface area contributed by atoms with Crippen molar-refractivity contribution in [2.75, 3.05) is 5.73 Å². The number of aryl methyl sites for hydroxylation is 1. The number of nitrogen functional groups attached to an aromatic ring is 1. The molecule has 0 saturated carbocycles. The number of carbonyl (C=O) groups is 1. The maximum absolute atomic E-state index is 12.4. The van der Waals surface area contributed by atoms with Gasteiger partial charge in [-0.05, 0) is 44.0 Å². The summed E-state index contributed by atoms with van der Waals surface area (Å²) in [6, 6.07) is 11.2. The molecule has 2 rings (SSSR count). The molecule has 0 aliphatic heterocycles. The van der Waals surface area contributed by atoms with Crippen molar-refractivity contribution in [2.24, 2.45) is 0 Å². The molecule has 92 valence electrons. The summed E-state index contributed by atoms with van der Waals surface area (Å²) in [7, 11) is 0. The van der Waals surface area contributed by atoms with Crippen molar-refractivity contribution in [1.29, 1.82) is 0 Å². The van der Waals surface area contributed by atoms with Gasteiger partial charge in [-0.15, -0.1) is 0 Å². The lowest BCUT2D eigenvalue weighted by Gasteiger charge is -2.10. The summed E-state index contributed by atoms with van der Waals surface area (Å²) < 4.78 is 0. The second-order valence-electron chi connectivity index (χ2n) is 4.65. The number of benzene rings is 2. The molecule has 0 heterocycles. The first-order valence-corrected chi connectivity index (χ1v) is 5.97. The Kier molecular flexibility index (Phi) is 3.19. The second kappa shape index (κ2) is 4.65. The fourth-order valence-corrected chi connectivity index (χ4v) is 1.95. The molecule has 2 aromatic rings. The Morgan fingerprint density at radius 3 is 2.11 bits per heavy atom. The molecule has 0 spiro atoms. The molecule has 2 aromatic carbocycles. The molecular weight excluding hydrogens is 222 g/mol. The largest absolute Gasteiger partial charge is 0.399 e. The smallest absolute Gasteiger partial charge is 0.193 e. The van der Waals surface area contributed by atoms with Crippen LogP contribution in [0.15, 0.2) is 36.4 Å². The number of rotatable bonds is 2. The van der Waals surface area contributed by atoms with Crippen molar-refractivity contribution < 1.29 is 4.79 Å². The number of hydrogen-bond donors (Lipinski definition) is 1. The molecule has 18 heavy (non-hydrogen) atoms. The van der Waals surface area contributed by atoms with Crippen molar-refractivity contribution in [3.63, 3.8) is 0 Å². The SMILES string of the molecule is Cc1ccc(C(=O)c2ccc(N)c(C)c2C)cc1. The molecule has 0 aliphatic rings. The Balaban J connectivity index is 2.46. The van der Waals surface area contributed by atoms with Crippen LogP contribution in [-0.2, 0) is 0 Å². The van der Waals surface area contributed by atoms with E-state index < -0.39 is 0 Å². The van der Waals surface area contributed by atoms with Gasteiger partial charge in [0.05, 0.1) is 0 Å². The molecule has 0 aromatic heterocycles. The van der Waals surface area contributed by atoms with Gasteiger partial charge in [-0.2, -0.15) is 0 Å². The van der Waals surface area contributed by atoms with Gasteiger partial charge in [0.2, 0.25) is 0 Å². The van der Waals surface area contributed by atoms with Crippen molar-refractivity contribution in [3.05, 3.63) is 64.2 Å². The summed E-state index contributed by atoms with van der Waals surface area (Å²) >= 11 is 0. The van der Waals surface area contributed by atoms with E-state index in [0.717, 1.165) is 27.9 Å². The zero-order valence-electron chi connectivity index (χ0n) is 10.9. The number of nitrogens with two attached hydrogens (primary N) is 1. The van der Waals surface area contributed by atoms with Crippen LogP contribution in [0, 0.1) is 20.8 Å². The summed E-state index contributed by atoms with van der Waals surface area (Å²) in [5.74, 6) is 0.0515. The number of anilines is 1. The van der Waals surface area contributed by atoms with Gasteiger partial charge in [-0.25, -0.2) is 0 Å². The van der Waals surface area contributed by atoms with E-state index in [1.807, 2.05) is 45.0 Å². The summed E-state index contributed by atoms with van der Waals surface area (Å²) in [4.78, 5) is 12.4. The molecular formula is C16H17NO. The van der Waals surface area contributed by atoms with Crippen molar-refractivity contribution in [2.45, 2.75) is 20.8 Å². The normalized spacial score (nSPS) is 10.4. The third-order valence-electron chi connectivity index (χ3n) is 3.39. The topological polar surface area (TPSA) is 43.1 Å². The summed E-state index contributed by atoms with van der Waals surface area (Å²) in [6.07, 6.45) is 0. The molecule has 0 saturated heterocycles. The predicted octanol–water partition coefficient (Wildman–Crippen LogP) is 3.43. The van der Waals surface area contributed by atoms with Crippen LogP contribution in [0.25, 0.3) is 0 Å². The van der Waals surface area contributed by atoms with E-state index >= 15 is 0 Å². The van der Waals surface area contributed by atoms with Crippen LogP contribution in [0.4, 0.5) is 5.69 Å². The Morgan fingerprint density at radius 2 is 1.50 bits per heavy atom. The molecule has 0 fully saturated rings. The van der Waals surface area contributed by atoms with Gasteiger partial charge in [0.25, 0.3) is 0 Å². The zero-order valence-corrected chi connectivity index (χ0v) is 10.9. The van der Waals surface area contributed by atoms with Gasteiger partial charge >= 0.3 is 0 Å². The van der Waals surface area contributed by atoms with Crippen LogP contribution in [0.5, 0.6) is 0 Å². The van der Waals surface area contributed by atoms with Crippen LogP contribution in [-0.4, -0.2) is 5.78 Å². The average Bonchev–Trinajstić information content (AvgIpc) is 2.36. The number of hydrogen-bond acceptors (Lipinski definition) is 2. The Hall–Kier alpha value is -2.09. The monoisotopic (exact) mass is 239 g/mol. The highest BCUT2D eigenvalue weighted by atomic mass is 16.1. The average molecular weight is 239 g/mol. The van der Waals surface area contributed by atoms with Gasteiger partial charge in [-0.1, -0.05) is 29.8 Å². The highest BCUT2D eigenvalue weighted by molar-refractivity contribution is 6.10. The van der Waals surface area contributed by atoms with Crippen molar-refractivity contribution in [3.8, 4) is 0 Å². The molecule has 0 radical (unpaired) electrons.